The van der Waals surface area contributed by atoms with Crippen LogP contribution >= 0.6 is 0 Å². The Bertz CT molecular complexity index is 269. The van der Waals surface area contributed by atoms with Crippen molar-refractivity contribution in [3.63, 3.8) is 0 Å². The van der Waals surface area contributed by atoms with Gasteiger partial charge in [-0.3, -0.25) is 9.59 Å². The van der Waals surface area contributed by atoms with Crippen LogP contribution in [0.4, 0.5) is 0 Å². The number of carboxylic acid groups (broad SMARTS) is 1. The van der Waals surface area contributed by atoms with Crippen molar-refractivity contribution in [3.8, 4) is 0 Å². The predicted octanol–water partition coefficient (Wildman–Crippen LogP) is 1.25. The molecule has 15 heavy (non-hydrogen) atoms. The first-order chi connectivity index (χ1) is 7.18. The summed E-state index contributed by atoms with van der Waals surface area (Å²) >= 11 is 0. The molecule has 1 aliphatic carbocycles. The highest BCUT2D eigenvalue weighted by molar-refractivity contribution is 5.78. The molecular formula is C11H17NO3. The normalized spacial score (nSPS) is 32.0. The topological polar surface area (TPSA) is 57.6 Å². The molecule has 0 aromatic rings. The van der Waals surface area contributed by atoms with Crippen molar-refractivity contribution in [2.24, 2.45) is 5.92 Å². The Balaban J connectivity index is 1.87. The van der Waals surface area contributed by atoms with Crippen LogP contribution in [0.5, 0.6) is 0 Å². The van der Waals surface area contributed by atoms with E-state index >= 15 is 0 Å². The molecule has 2 rings (SSSR count). The lowest BCUT2D eigenvalue weighted by atomic mass is 9.85. The number of amides is 1. The Hall–Kier alpha value is -1.06. The summed E-state index contributed by atoms with van der Waals surface area (Å²) in [6.45, 7) is 0.876. The second-order valence-electron chi connectivity index (χ2n) is 4.53. The van der Waals surface area contributed by atoms with Gasteiger partial charge in [0.15, 0.2) is 0 Å². The molecule has 1 saturated carbocycles. The van der Waals surface area contributed by atoms with E-state index in [1.54, 1.807) is 0 Å². The van der Waals surface area contributed by atoms with Crippen LogP contribution in [0.3, 0.4) is 0 Å². The summed E-state index contributed by atoms with van der Waals surface area (Å²) in [5, 5.41) is 8.86. The fourth-order valence-corrected chi connectivity index (χ4v) is 2.69. The fourth-order valence-electron chi connectivity index (χ4n) is 2.69. The molecule has 0 spiro atoms. The van der Waals surface area contributed by atoms with Gasteiger partial charge in [-0.25, -0.2) is 0 Å². The van der Waals surface area contributed by atoms with Gasteiger partial charge in [-0.05, 0) is 32.1 Å². The number of aliphatic carboxylic acids is 1. The highest BCUT2D eigenvalue weighted by Gasteiger charge is 2.33. The standard InChI is InChI=1S/C11H17NO3/c13-10-2-1-7-12(10)9-5-3-8(4-6-9)11(14)15/h8-9H,1-7H2,(H,14,15)/t8-,9-. The van der Waals surface area contributed by atoms with Crippen molar-refractivity contribution in [3.05, 3.63) is 0 Å². The van der Waals surface area contributed by atoms with E-state index in [0.717, 1.165) is 38.6 Å². The zero-order chi connectivity index (χ0) is 10.8. The minimum Gasteiger partial charge on any atom is -0.481 e. The van der Waals surface area contributed by atoms with Crippen LogP contribution in [0, 0.1) is 5.92 Å². The average molecular weight is 211 g/mol. The lowest BCUT2D eigenvalue weighted by Gasteiger charge is -2.33. The number of likely N-dealkylation sites (tertiary alicyclic amines) is 1. The first kappa shape index (κ1) is 10.5. The maximum Gasteiger partial charge on any atom is 0.306 e. The summed E-state index contributed by atoms with van der Waals surface area (Å²) < 4.78 is 0. The smallest absolute Gasteiger partial charge is 0.306 e. The first-order valence-corrected chi connectivity index (χ1v) is 5.71. The Kier molecular flexibility index (Phi) is 2.93. The van der Waals surface area contributed by atoms with E-state index in [0.29, 0.717) is 12.5 Å². The third-order valence-electron chi connectivity index (χ3n) is 3.60. The lowest BCUT2D eigenvalue weighted by Crippen LogP contribution is -2.39. The second kappa shape index (κ2) is 4.21. The molecule has 1 aliphatic heterocycles. The van der Waals surface area contributed by atoms with Crippen molar-refractivity contribution in [1.82, 2.24) is 4.90 Å². The number of hydrogen-bond acceptors (Lipinski definition) is 2. The summed E-state index contributed by atoms with van der Waals surface area (Å²) in [7, 11) is 0. The number of carboxylic acids is 1. The highest BCUT2D eigenvalue weighted by Crippen LogP contribution is 2.29. The van der Waals surface area contributed by atoms with Crippen LogP contribution in [-0.4, -0.2) is 34.5 Å². The van der Waals surface area contributed by atoms with Crippen molar-refractivity contribution in [2.75, 3.05) is 6.54 Å². The van der Waals surface area contributed by atoms with Crippen molar-refractivity contribution in [1.29, 1.82) is 0 Å². The summed E-state index contributed by atoms with van der Waals surface area (Å²) in [6.07, 6.45) is 4.83. The van der Waals surface area contributed by atoms with Crippen molar-refractivity contribution in [2.45, 2.75) is 44.6 Å². The molecule has 0 aromatic carbocycles. The molecule has 84 valence electrons. The van der Waals surface area contributed by atoms with Gasteiger partial charge in [-0.2, -0.15) is 0 Å². The molecule has 4 heteroatoms. The van der Waals surface area contributed by atoms with E-state index in [4.69, 9.17) is 5.11 Å². The minimum absolute atomic E-state index is 0.182. The van der Waals surface area contributed by atoms with Crippen LogP contribution in [-0.2, 0) is 9.59 Å². The van der Waals surface area contributed by atoms with E-state index in [-0.39, 0.29) is 11.8 Å². The summed E-state index contributed by atoms with van der Waals surface area (Å²) in [6, 6.07) is 0.315. The van der Waals surface area contributed by atoms with E-state index in [1.807, 2.05) is 4.90 Å². The first-order valence-electron chi connectivity index (χ1n) is 5.71. The SMILES string of the molecule is O=C1CCCN1[C@H]1CC[C@H](C(=O)O)CC1. The van der Waals surface area contributed by atoms with Crippen molar-refractivity contribution < 1.29 is 14.7 Å². The average Bonchev–Trinajstić information content (AvgIpc) is 2.65. The van der Waals surface area contributed by atoms with Gasteiger partial charge in [-0.15, -0.1) is 0 Å². The van der Waals surface area contributed by atoms with Gasteiger partial charge in [-0.1, -0.05) is 0 Å². The quantitative estimate of drug-likeness (QED) is 0.748. The molecule has 1 amide bonds. The van der Waals surface area contributed by atoms with Gasteiger partial charge in [0.05, 0.1) is 5.92 Å². The summed E-state index contributed by atoms with van der Waals surface area (Å²) in [5.74, 6) is -0.603. The third-order valence-corrected chi connectivity index (χ3v) is 3.60. The summed E-state index contributed by atoms with van der Waals surface area (Å²) in [5.41, 5.74) is 0. The molecule has 0 radical (unpaired) electrons. The van der Waals surface area contributed by atoms with Crippen molar-refractivity contribution >= 4 is 11.9 Å². The largest absolute Gasteiger partial charge is 0.481 e. The maximum atomic E-state index is 11.5. The van der Waals surface area contributed by atoms with Gasteiger partial charge < -0.3 is 10.0 Å². The zero-order valence-corrected chi connectivity index (χ0v) is 8.82. The van der Waals surface area contributed by atoms with Crippen LogP contribution in [0.2, 0.25) is 0 Å². The molecule has 1 heterocycles. The fraction of sp³-hybridized carbons (Fsp3) is 0.818. The molecule has 1 N–H and O–H groups in total. The zero-order valence-electron chi connectivity index (χ0n) is 8.82. The lowest BCUT2D eigenvalue weighted by molar-refractivity contribution is -0.143. The highest BCUT2D eigenvalue weighted by atomic mass is 16.4. The monoisotopic (exact) mass is 211 g/mol. The summed E-state index contributed by atoms with van der Waals surface area (Å²) in [4.78, 5) is 24.2. The Morgan fingerprint density at radius 2 is 1.93 bits per heavy atom. The van der Waals surface area contributed by atoms with Crippen LogP contribution in [0.15, 0.2) is 0 Å². The predicted molar refractivity (Wildman–Crippen MR) is 54.3 cm³/mol. The molecule has 0 atom stereocenters. The number of hydrogen-bond donors (Lipinski definition) is 1. The van der Waals surface area contributed by atoms with E-state index < -0.39 is 5.97 Å². The second-order valence-corrected chi connectivity index (χ2v) is 4.53. The maximum absolute atomic E-state index is 11.5. The van der Waals surface area contributed by atoms with E-state index in [9.17, 15) is 9.59 Å². The molecule has 2 fully saturated rings. The van der Waals surface area contributed by atoms with Gasteiger partial charge in [0, 0.05) is 19.0 Å². The van der Waals surface area contributed by atoms with Crippen LogP contribution in [0.25, 0.3) is 0 Å². The minimum atomic E-state index is -0.679. The number of nitrogens with zero attached hydrogens (tertiary/aromatic N) is 1. The number of carbonyl (C=O) groups is 2. The molecule has 4 nitrogen and oxygen atoms in total. The van der Waals surface area contributed by atoms with Crippen LogP contribution in [0.1, 0.15) is 38.5 Å². The number of rotatable bonds is 2. The van der Waals surface area contributed by atoms with Gasteiger partial charge in [0.2, 0.25) is 5.91 Å². The Morgan fingerprint density at radius 1 is 1.27 bits per heavy atom. The van der Waals surface area contributed by atoms with Gasteiger partial charge in [0.25, 0.3) is 0 Å². The van der Waals surface area contributed by atoms with E-state index in [1.165, 1.54) is 0 Å². The Labute approximate surface area is 89.3 Å². The molecule has 1 saturated heterocycles. The third kappa shape index (κ3) is 2.13. The molecular weight excluding hydrogens is 194 g/mol. The van der Waals surface area contributed by atoms with Crippen LogP contribution < -0.4 is 0 Å². The molecule has 0 unspecified atom stereocenters. The van der Waals surface area contributed by atoms with E-state index in [2.05, 4.69) is 0 Å². The number of carbonyl (C=O) groups excluding carboxylic acids is 1. The van der Waals surface area contributed by atoms with Gasteiger partial charge in [0.1, 0.15) is 0 Å². The Morgan fingerprint density at radius 3 is 2.40 bits per heavy atom. The molecule has 0 aromatic heterocycles. The molecule has 0 bridgehead atoms. The molecule has 2 aliphatic rings. The van der Waals surface area contributed by atoms with Gasteiger partial charge >= 0.3 is 5.97 Å².